The number of alkyl halides is 3. The Morgan fingerprint density at radius 3 is 2.50 bits per heavy atom. The van der Waals surface area contributed by atoms with Crippen molar-refractivity contribution in [1.82, 2.24) is 10.6 Å². The maximum Gasteiger partial charge on any atom is 0.481 e. The predicted molar refractivity (Wildman–Crippen MR) is 125 cm³/mol. The van der Waals surface area contributed by atoms with Gasteiger partial charge in [-0.25, -0.2) is 4.39 Å². The van der Waals surface area contributed by atoms with Crippen molar-refractivity contribution in [2.75, 3.05) is 6.54 Å². The van der Waals surface area contributed by atoms with E-state index in [1.54, 1.807) is 0 Å². The lowest BCUT2D eigenvalue weighted by atomic mass is 9.43. The molecule has 2 bridgehead atoms. The number of amides is 2. The van der Waals surface area contributed by atoms with Crippen LogP contribution in [0.15, 0.2) is 18.2 Å². The fraction of sp³-hybridized carbons (Fsp3) is 0.680. The summed E-state index contributed by atoms with van der Waals surface area (Å²) in [5, 5.41) is 5.06. The number of halogens is 4. The second-order valence-electron chi connectivity index (χ2n) is 11.5. The molecule has 1 aromatic rings. The Morgan fingerprint density at radius 2 is 1.89 bits per heavy atom. The van der Waals surface area contributed by atoms with Crippen LogP contribution in [0.25, 0.3) is 0 Å². The number of hydrogen-bond donors (Lipinski definition) is 2. The van der Waals surface area contributed by atoms with E-state index in [2.05, 4.69) is 31.4 Å². The van der Waals surface area contributed by atoms with Crippen molar-refractivity contribution in [3.8, 4) is 0 Å². The summed E-state index contributed by atoms with van der Waals surface area (Å²) in [6, 6.07) is 1.57. The van der Waals surface area contributed by atoms with E-state index in [4.69, 9.17) is 9.31 Å². The maximum absolute atomic E-state index is 14.0. The standard InChI is InChI=1S/C25H33BF4N2O4/c1-13(2)8-20(26-35-19-11-15-10-18(23(15,3)4)24(19,5)36-26)32-21(33)12-31-22(34)16-9-14(25(28,29)30)6-7-17(16)27/h6-7,9,13,15,18-20H,8,10-12H2,1-5H3,(H,31,34)(H,32,33)/t15?,18-,19+,20-,24-/m0/s1. The molecule has 4 aliphatic rings. The summed E-state index contributed by atoms with van der Waals surface area (Å²) < 4.78 is 65.6. The monoisotopic (exact) mass is 512 g/mol. The van der Waals surface area contributed by atoms with Crippen LogP contribution in [0.1, 0.15) is 69.8 Å². The predicted octanol–water partition coefficient (Wildman–Crippen LogP) is 4.37. The molecule has 1 aliphatic heterocycles. The second kappa shape index (κ2) is 9.31. The summed E-state index contributed by atoms with van der Waals surface area (Å²) in [5.41, 5.74) is -2.21. The Labute approximate surface area is 209 Å². The van der Waals surface area contributed by atoms with Gasteiger partial charge in [0, 0.05) is 0 Å². The Morgan fingerprint density at radius 1 is 1.19 bits per heavy atom. The zero-order valence-electron chi connectivity index (χ0n) is 21.2. The Kier molecular flexibility index (Phi) is 6.96. The highest BCUT2D eigenvalue weighted by molar-refractivity contribution is 6.47. The average Bonchev–Trinajstić information content (AvgIpc) is 3.13. The van der Waals surface area contributed by atoms with Gasteiger partial charge in [0.25, 0.3) is 5.91 Å². The third-order valence-electron chi connectivity index (χ3n) is 8.32. The maximum atomic E-state index is 14.0. The van der Waals surface area contributed by atoms with Gasteiger partial charge in [0.05, 0.1) is 35.3 Å². The van der Waals surface area contributed by atoms with E-state index in [-0.39, 0.29) is 17.4 Å². The zero-order valence-corrected chi connectivity index (χ0v) is 21.2. The van der Waals surface area contributed by atoms with Crippen LogP contribution in [0.5, 0.6) is 0 Å². The molecule has 11 heteroatoms. The molecule has 5 atom stereocenters. The van der Waals surface area contributed by atoms with Crippen molar-refractivity contribution in [1.29, 1.82) is 0 Å². The van der Waals surface area contributed by atoms with Crippen LogP contribution in [0.3, 0.4) is 0 Å². The molecule has 0 aromatic heterocycles. The number of hydrogen-bond acceptors (Lipinski definition) is 4. The van der Waals surface area contributed by atoms with E-state index < -0.39 is 60.1 Å². The fourth-order valence-corrected chi connectivity index (χ4v) is 6.21. The molecule has 1 unspecified atom stereocenters. The summed E-state index contributed by atoms with van der Waals surface area (Å²) in [4.78, 5) is 25.0. The third kappa shape index (κ3) is 4.88. The quantitative estimate of drug-likeness (QED) is 0.420. The van der Waals surface area contributed by atoms with Crippen LogP contribution >= 0.6 is 0 Å². The van der Waals surface area contributed by atoms with Crippen molar-refractivity contribution in [2.45, 2.75) is 77.7 Å². The molecule has 4 fully saturated rings. The molecule has 0 spiro atoms. The number of rotatable bonds is 7. The fourth-order valence-electron chi connectivity index (χ4n) is 6.21. The van der Waals surface area contributed by atoms with Gasteiger partial charge in [-0.1, -0.05) is 27.7 Å². The SMILES string of the molecule is CC(C)C[C@H](NC(=O)CNC(=O)c1cc(C(F)(F)F)ccc1F)B1O[C@@H]2CC3C[C@@H](C3(C)C)[C@]2(C)O1. The van der Waals surface area contributed by atoms with Crippen molar-refractivity contribution >= 4 is 18.9 Å². The summed E-state index contributed by atoms with van der Waals surface area (Å²) in [7, 11) is -0.655. The molecule has 3 aliphatic carbocycles. The normalized spacial score (nSPS) is 29.4. The van der Waals surface area contributed by atoms with Gasteiger partial charge < -0.3 is 19.9 Å². The molecule has 1 aromatic carbocycles. The van der Waals surface area contributed by atoms with Crippen LogP contribution in [0, 0.1) is 29.0 Å². The summed E-state index contributed by atoms with van der Waals surface area (Å²) in [6.45, 7) is 10.1. The Hall–Kier alpha value is -2.14. The first kappa shape index (κ1) is 26.9. The van der Waals surface area contributed by atoms with Gasteiger partial charge in [0.2, 0.25) is 5.91 Å². The largest absolute Gasteiger partial charge is 0.481 e. The lowest BCUT2D eigenvalue weighted by molar-refractivity contribution is -0.199. The molecule has 2 amide bonds. The molecule has 0 radical (unpaired) electrons. The second-order valence-corrected chi connectivity index (χ2v) is 11.5. The van der Waals surface area contributed by atoms with Crippen LogP contribution in [-0.4, -0.2) is 43.1 Å². The Bertz CT molecular complexity index is 1030. The lowest BCUT2D eigenvalue weighted by Gasteiger charge is -2.64. The highest BCUT2D eigenvalue weighted by atomic mass is 19.4. The molecule has 1 saturated heterocycles. The van der Waals surface area contributed by atoms with Gasteiger partial charge in [0.15, 0.2) is 0 Å². The van der Waals surface area contributed by atoms with E-state index in [0.29, 0.717) is 36.5 Å². The first-order valence-corrected chi connectivity index (χ1v) is 12.4. The molecule has 1 heterocycles. The number of nitrogens with one attached hydrogen (secondary N) is 2. The smallest absolute Gasteiger partial charge is 0.404 e. The first-order chi connectivity index (χ1) is 16.6. The van der Waals surface area contributed by atoms with Crippen molar-refractivity contribution in [3.63, 3.8) is 0 Å². The van der Waals surface area contributed by atoms with Gasteiger partial charge in [-0.2, -0.15) is 13.2 Å². The van der Waals surface area contributed by atoms with E-state index in [0.717, 1.165) is 12.8 Å². The minimum atomic E-state index is -4.73. The van der Waals surface area contributed by atoms with Gasteiger partial charge in [-0.05, 0) is 67.6 Å². The zero-order chi connectivity index (χ0) is 26.6. The average molecular weight is 512 g/mol. The van der Waals surface area contributed by atoms with Crippen molar-refractivity contribution < 1.29 is 36.5 Å². The van der Waals surface area contributed by atoms with E-state index in [1.807, 2.05) is 13.8 Å². The molecule has 198 valence electrons. The topological polar surface area (TPSA) is 76.7 Å². The van der Waals surface area contributed by atoms with Gasteiger partial charge in [0.1, 0.15) is 5.82 Å². The minimum Gasteiger partial charge on any atom is -0.404 e. The highest BCUT2D eigenvalue weighted by Crippen LogP contribution is 2.65. The summed E-state index contributed by atoms with van der Waals surface area (Å²) in [6.07, 6.45) is -2.23. The highest BCUT2D eigenvalue weighted by Gasteiger charge is 2.68. The lowest BCUT2D eigenvalue weighted by Crippen LogP contribution is -2.65. The molecular formula is C25H33BF4N2O4. The van der Waals surface area contributed by atoms with E-state index in [1.165, 1.54) is 0 Å². The van der Waals surface area contributed by atoms with Crippen LogP contribution in [-0.2, 0) is 20.3 Å². The summed E-state index contributed by atoms with van der Waals surface area (Å²) >= 11 is 0. The van der Waals surface area contributed by atoms with Crippen molar-refractivity contribution in [3.05, 3.63) is 35.1 Å². The molecule has 36 heavy (non-hydrogen) atoms. The molecular weight excluding hydrogens is 479 g/mol. The minimum absolute atomic E-state index is 0.0607. The first-order valence-electron chi connectivity index (χ1n) is 12.4. The Balaban J connectivity index is 1.39. The summed E-state index contributed by atoms with van der Waals surface area (Å²) in [5.74, 6) is -2.13. The van der Waals surface area contributed by atoms with Crippen LogP contribution in [0.2, 0.25) is 0 Å². The number of carbonyl (C=O) groups excluding carboxylic acids is 2. The molecule has 5 rings (SSSR count). The number of carbonyl (C=O) groups is 2. The molecule has 6 nitrogen and oxygen atoms in total. The van der Waals surface area contributed by atoms with E-state index in [9.17, 15) is 27.2 Å². The van der Waals surface area contributed by atoms with Gasteiger partial charge in [-0.3, -0.25) is 9.59 Å². The van der Waals surface area contributed by atoms with Crippen LogP contribution < -0.4 is 10.6 Å². The molecule has 3 saturated carbocycles. The third-order valence-corrected chi connectivity index (χ3v) is 8.32. The van der Waals surface area contributed by atoms with Crippen molar-refractivity contribution in [2.24, 2.45) is 23.2 Å². The van der Waals surface area contributed by atoms with Crippen LogP contribution in [0.4, 0.5) is 17.6 Å². The molecule has 2 N–H and O–H groups in total. The van der Waals surface area contributed by atoms with E-state index >= 15 is 0 Å². The number of benzene rings is 1. The van der Waals surface area contributed by atoms with Gasteiger partial charge >= 0.3 is 13.3 Å². The van der Waals surface area contributed by atoms with Gasteiger partial charge in [-0.15, -0.1) is 0 Å².